The average Bonchev–Trinajstić information content (AvgIpc) is 2.63. The van der Waals surface area contributed by atoms with Crippen molar-refractivity contribution in [2.75, 3.05) is 11.9 Å². The molecule has 0 aliphatic rings. The van der Waals surface area contributed by atoms with Crippen molar-refractivity contribution in [1.29, 1.82) is 0 Å². The molecule has 24 heavy (non-hydrogen) atoms. The first kappa shape index (κ1) is 18.8. The zero-order valence-corrected chi connectivity index (χ0v) is 15.5. The van der Waals surface area contributed by atoms with Crippen LogP contribution in [0, 0.1) is 0 Å². The first-order valence-electron chi connectivity index (χ1n) is 10.1. The van der Waals surface area contributed by atoms with E-state index >= 15 is 0 Å². The van der Waals surface area contributed by atoms with E-state index in [2.05, 4.69) is 54.7 Å². The van der Waals surface area contributed by atoms with Gasteiger partial charge >= 0.3 is 0 Å². The van der Waals surface area contributed by atoms with Crippen molar-refractivity contribution >= 4 is 16.5 Å². The van der Waals surface area contributed by atoms with Crippen molar-refractivity contribution in [3.05, 3.63) is 42.5 Å². The molecule has 0 radical (unpaired) electrons. The van der Waals surface area contributed by atoms with Crippen molar-refractivity contribution in [3.63, 3.8) is 0 Å². The zero-order valence-electron chi connectivity index (χ0n) is 15.5. The maximum Gasteiger partial charge on any atom is 0.0419 e. The summed E-state index contributed by atoms with van der Waals surface area (Å²) in [5.41, 5.74) is 1.28. The van der Waals surface area contributed by atoms with E-state index in [1.165, 1.54) is 87.1 Å². The highest BCUT2D eigenvalue weighted by atomic mass is 14.9. The van der Waals surface area contributed by atoms with Gasteiger partial charge in [-0.05, 0) is 17.9 Å². The van der Waals surface area contributed by atoms with Gasteiger partial charge in [0.2, 0.25) is 0 Å². The molecule has 0 aliphatic carbocycles. The lowest BCUT2D eigenvalue weighted by Crippen LogP contribution is -2.01. The Morgan fingerprint density at radius 3 is 1.92 bits per heavy atom. The number of unbranched alkanes of at least 4 members (excludes halogenated alkanes) is 10. The Labute approximate surface area is 148 Å². The van der Waals surface area contributed by atoms with Gasteiger partial charge in [0.1, 0.15) is 0 Å². The molecule has 0 saturated heterocycles. The summed E-state index contributed by atoms with van der Waals surface area (Å²) in [7, 11) is 0. The van der Waals surface area contributed by atoms with Crippen LogP contribution in [0.2, 0.25) is 0 Å². The predicted octanol–water partition coefficient (Wildman–Crippen LogP) is 7.56. The molecule has 0 unspecified atom stereocenters. The molecule has 2 aromatic carbocycles. The second kappa shape index (κ2) is 11.9. The van der Waals surface area contributed by atoms with Gasteiger partial charge in [0.05, 0.1) is 0 Å². The molecule has 0 spiro atoms. The van der Waals surface area contributed by atoms with Crippen LogP contribution in [0.1, 0.15) is 77.6 Å². The van der Waals surface area contributed by atoms with Gasteiger partial charge in [0, 0.05) is 17.6 Å². The van der Waals surface area contributed by atoms with Gasteiger partial charge in [0.25, 0.3) is 0 Å². The lowest BCUT2D eigenvalue weighted by molar-refractivity contribution is 0.552. The number of hydrogen-bond donors (Lipinski definition) is 1. The van der Waals surface area contributed by atoms with Gasteiger partial charge in [-0.3, -0.25) is 0 Å². The minimum Gasteiger partial charge on any atom is -0.385 e. The summed E-state index contributed by atoms with van der Waals surface area (Å²) in [5, 5.41) is 6.28. The fourth-order valence-corrected chi connectivity index (χ4v) is 3.39. The molecule has 2 aromatic rings. The van der Waals surface area contributed by atoms with E-state index in [-0.39, 0.29) is 0 Å². The first-order valence-corrected chi connectivity index (χ1v) is 10.1. The number of nitrogens with one attached hydrogen (secondary N) is 1. The SMILES string of the molecule is CCCCCCCCCCCCCNc1cccc2ccccc12. The summed E-state index contributed by atoms with van der Waals surface area (Å²) in [4.78, 5) is 0. The number of hydrogen-bond acceptors (Lipinski definition) is 1. The van der Waals surface area contributed by atoms with Crippen LogP contribution in [0.25, 0.3) is 10.8 Å². The molecular weight excluding hydrogens is 290 g/mol. The zero-order chi connectivity index (χ0) is 16.9. The van der Waals surface area contributed by atoms with Crippen molar-refractivity contribution in [2.45, 2.75) is 77.6 Å². The molecule has 1 N–H and O–H groups in total. The number of anilines is 1. The first-order chi connectivity index (χ1) is 11.9. The maximum atomic E-state index is 3.62. The van der Waals surface area contributed by atoms with E-state index in [0.717, 1.165) is 6.54 Å². The molecule has 0 bridgehead atoms. The van der Waals surface area contributed by atoms with Crippen molar-refractivity contribution in [2.24, 2.45) is 0 Å². The summed E-state index contributed by atoms with van der Waals surface area (Å²) in [5.74, 6) is 0. The Kier molecular flexibility index (Phi) is 9.38. The van der Waals surface area contributed by atoms with Gasteiger partial charge in [-0.15, -0.1) is 0 Å². The third-order valence-corrected chi connectivity index (χ3v) is 4.89. The quantitative estimate of drug-likeness (QED) is 0.375. The minimum atomic E-state index is 1.09. The van der Waals surface area contributed by atoms with Crippen LogP contribution in [0.15, 0.2) is 42.5 Å². The Hall–Kier alpha value is -1.50. The Morgan fingerprint density at radius 2 is 1.21 bits per heavy atom. The average molecular weight is 326 g/mol. The summed E-state index contributed by atoms with van der Waals surface area (Å²) >= 11 is 0. The Balaban J connectivity index is 1.49. The molecule has 1 nitrogen and oxygen atoms in total. The molecule has 132 valence electrons. The molecule has 0 saturated carbocycles. The van der Waals surface area contributed by atoms with Gasteiger partial charge < -0.3 is 5.32 Å². The van der Waals surface area contributed by atoms with Crippen LogP contribution in [0.4, 0.5) is 5.69 Å². The van der Waals surface area contributed by atoms with Crippen molar-refractivity contribution < 1.29 is 0 Å². The highest BCUT2D eigenvalue weighted by molar-refractivity contribution is 5.93. The van der Waals surface area contributed by atoms with E-state index in [0.29, 0.717) is 0 Å². The van der Waals surface area contributed by atoms with E-state index in [9.17, 15) is 0 Å². The van der Waals surface area contributed by atoms with Gasteiger partial charge in [-0.25, -0.2) is 0 Å². The topological polar surface area (TPSA) is 12.0 Å². The fraction of sp³-hybridized carbons (Fsp3) is 0.565. The molecule has 2 rings (SSSR count). The molecule has 1 heteroatoms. The summed E-state index contributed by atoms with van der Waals surface area (Å²) in [6.07, 6.45) is 15.4. The van der Waals surface area contributed by atoms with E-state index in [4.69, 9.17) is 0 Å². The van der Waals surface area contributed by atoms with Crippen LogP contribution < -0.4 is 5.32 Å². The second-order valence-electron chi connectivity index (χ2n) is 6.99. The molecule has 0 atom stereocenters. The molecule has 0 heterocycles. The van der Waals surface area contributed by atoms with Crippen molar-refractivity contribution in [3.8, 4) is 0 Å². The van der Waals surface area contributed by atoms with Crippen LogP contribution in [0.5, 0.6) is 0 Å². The standard InChI is InChI=1S/C23H35N/c1-2-3-4-5-6-7-8-9-10-11-14-20-24-23-19-15-17-21-16-12-13-18-22(21)23/h12-13,15-19,24H,2-11,14,20H2,1H3. The third kappa shape index (κ3) is 6.95. The Bertz CT molecular complexity index is 555. The summed E-state index contributed by atoms with van der Waals surface area (Å²) in [6.45, 7) is 3.38. The summed E-state index contributed by atoms with van der Waals surface area (Å²) in [6, 6.07) is 15.1. The van der Waals surface area contributed by atoms with Gasteiger partial charge in [-0.1, -0.05) is 108 Å². The molecule has 0 aliphatic heterocycles. The van der Waals surface area contributed by atoms with Crippen molar-refractivity contribution in [1.82, 2.24) is 0 Å². The lowest BCUT2D eigenvalue weighted by atomic mass is 10.1. The fourth-order valence-electron chi connectivity index (χ4n) is 3.39. The maximum absolute atomic E-state index is 3.62. The Morgan fingerprint density at radius 1 is 0.625 bits per heavy atom. The van der Waals surface area contributed by atoms with Crippen LogP contribution in [-0.4, -0.2) is 6.54 Å². The van der Waals surface area contributed by atoms with Gasteiger partial charge in [-0.2, -0.15) is 0 Å². The van der Waals surface area contributed by atoms with Crippen LogP contribution >= 0.6 is 0 Å². The molecule has 0 fully saturated rings. The van der Waals surface area contributed by atoms with Gasteiger partial charge in [0.15, 0.2) is 0 Å². The highest BCUT2D eigenvalue weighted by Crippen LogP contribution is 2.23. The number of benzene rings is 2. The minimum absolute atomic E-state index is 1.09. The summed E-state index contributed by atoms with van der Waals surface area (Å²) < 4.78 is 0. The third-order valence-electron chi connectivity index (χ3n) is 4.89. The normalized spacial score (nSPS) is 11.0. The monoisotopic (exact) mass is 325 g/mol. The van der Waals surface area contributed by atoms with E-state index < -0.39 is 0 Å². The molecule has 0 amide bonds. The predicted molar refractivity (Wildman–Crippen MR) is 109 cm³/mol. The molecular formula is C23H35N. The highest BCUT2D eigenvalue weighted by Gasteiger charge is 1.99. The van der Waals surface area contributed by atoms with E-state index in [1.54, 1.807) is 0 Å². The smallest absolute Gasteiger partial charge is 0.0419 e. The largest absolute Gasteiger partial charge is 0.385 e. The molecule has 0 aromatic heterocycles. The second-order valence-corrected chi connectivity index (χ2v) is 6.99. The van der Waals surface area contributed by atoms with Crippen LogP contribution in [0.3, 0.4) is 0 Å². The van der Waals surface area contributed by atoms with Crippen LogP contribution in [-0.2, 0) is 0 Å². The number of rotatable bonds is 13. The number of fused-ring (bicyclic) bond motifs is 1. The van der Waals surface area contributed by atoms with E-state index in [1.807, 2.05) is 0 Å². The lowest BCUT2D eigenvalue weighted by Gasteiger charge is -2.09.